The summed E-state index contributed by atoms with van der Waals surface area (Å²) in [7, 11) is 0. The molecule has 0 saturated carbocycles. The highest BCUT2D eigenvalue weighted by Crippen LogP contribution is 2.29. The van der Waals surface area contributed by atoms with Gasteiger partial charge in [-0.25, -0.2) is 4.79 Å². The average Bonchev–Trinajstić information content (AvgIpc) is 2.66. The summed E-state index contributed by atoms with van der Waals surface area (Å²) in [4.78, 5) is 10.5. The van der Waals surface area contributed by atoms with Crippen LogP contribution in [0.25, 0.3) is 11.5 Å². The number of halogens is 2. The smallest absolute Gasteiger partial charge is 0.393 e. The van der Waals surface area contributed by atoms with Crippen LogP contribution in [-0.2, 0) is 0 Å². The Kier molecular flexibility index (Phi) is 2.80. The van der Waals surface area contributed by atoms with Gasteiger partial charge in [0, 0.05) is 5.02 Å². The van der Waals surface area contributed by atoms with Gasteiger partial charge in [-0.3, -0.25) is 0 Å². The molecule has 0 aliphatic rings. The van der Waals surface area contributed by atoms with E-state index in [9.17, 15) is 4.79 Å². The van der Waals surface area contributed by atoms with Crippen LogP contribution in [0.15, 0.2) is 22.6 Å². The van der Waals surface area contributed by atoms with Gasteiger partial charge in [-0.15, -0.1) is 10.2 Å². The van der Waals surface area contributed by atoms with E-state index in [2.05, 4.69) is 10.2 Å². The van der Waals surface area contributed by atoms with Gasteiger partial charge in [0.2, 0.25) is 5.89 Å². The number of rotatable bonds is 2. The molecule has 1 N–H and O–H groups in total. The lowest BCUT2D eigenvalue weighted by Crippen LogP contribution is -1.95. The Morgan fingerprint density at radius 2 is 2.06 bits per heavy atom. The highest BCUT2D eigenvalue weighted by molar-refractivity contribution is 6.36. The number of nitrogens with zero attached hydrogens (tertiary/aromatic N) is 2. The molecule has 5 nitrogen and oxygen atoms in total. The molecule has 0 unspecified atom stereocenters. The molecule has 0 fully saturated rings. The van der Waals surface area contributed by atoms with Crippen LogP contribution in [0.4, 0.5) is 0 Å². The quantitative estimate of drug-likeness (QED) is 0.897. The zero-order valence-electron chi connectivity index (χ0n) is 7.65. The number of benzene rings is 1. The minimum atomic E-state index is -1.29. The topological polar surface area (TPSA) is 76.2 Å². The van der Waals surface area contributed by atoms with Crippen molar-refractivity contribution in [3.8, 4) is 11.5 Å². The van der Waals surface area contributed by atoms with Crippen LogP contribution >= 0.6 is 23.2 Å². The fourth-order valence-electron chi connectivity index (χ4n) is 1.08. The van der Waals surface area contributed by atoms with Gasteiger partial charge < -0.3 is 9.52 Å². The second-order valence-electron chi connectivity index (χ2n) is 2.84. The molecule has 82 valence electrons. The third-order valence-electron chi connectivity index (χ3n) is 1.77. The van der Waals surface area contributed by atoms with Crippen LogP contribution in [-0.4, -0.2) is 21.3 Å². The van der Waals surface area contributed by atoms with E-state index in [1.807, 2.05) is 0 Å². The van der Waals surface area contributed by atoms with Crippen molar-refractivity contribution in [3.05, 3.63) is 34.1 Å². The first kappa shape index (κ1) is 10.9. The van der Waals surface area contributed by atoms with Crippen molar-refractivity contribution in [1.29, 1.82) is 0 Å². The van der Waals surface area contributed by atoms with E-state index in [-0.39, 0.29) is 5.89 Å². The molecule has 0 amide bonds. The largest absolute Gasteiger partial charge is 0.474 e. The number of carbonyl (C=O) groups is 1. The summed E-state index contributed by atoms with van der Waals surface area (Å²) >= 11 is 11.6. The van der Waals surface area contributed by atoms with E-state index in [4.69, 9.17) is 32.7 Å². The fraction of sp³-hybridized carbons (Fsp3) is 0. The number of hydrogen-bond donors (Lipinski definition) is 1. The second kappa shape index (κ2) is 4.11. The SMILES string of the molecule is O=C(O)c1nnc(-c2ccc(Cl)cc2Cl)o1. The molecule has 16 heavy (non-hydrogen) atoms. The third kappa shape index (κ3) is 2.00. The lowest BCUT2D eigenvalue weighted by Gasteiger charge is -1.98. The molecule has 1 heterocycles. The first-order valence-electron chi connectivity index (χ1n) is 4.10. The van der Waals surface area contributed by atoms with Gasteiger partial charge in [-0.2, -0.15) is 0 Å². The number of carboxylic acids is 1. The number of hydrogen-bond acceptors (Lipinski definition) is 4. The second-order valence-corrected chi connectivity index (χ2v) is 3.69. The lowest BCUT2D eigenvalue weighted by atomic mass is 10.2. The van der Waals surface area contributed by atoms with Gasteiger partial charge in [0.05, 0.1) is 10.6 Å². The summed E-state index contributed by atoms with van der Waals surface area (Å²) in [5, 5.41) is 16.3. The van der Waals surface area contributed by atoms with Crippen molar-refractivity contribution in [2.45, 2.75) is 0 Å². The predicted molar refractivity (Wildman–Crippen MR) is 56.7 cm³/mol. The van der Waals surface area contributed by atoms with Crippen molar-refractivity contribution in [2.75, 3.05) is 0 Å². The molecular formula is C9H4Cl2N2O3. The number of carboxylic acid groups (broad SMARTS) is 1. The maximum Gasteiger partial charge on any atom is 0.393 e. The minimum Gasteiger partial charge on any atom is -0.474 e. The van der Waals surface area contributed by atoms with Crippen LogP contribution in [0.1, 0.15) is 10.7 Å². The van der Waals surface area contributed by atoms with E-state index in [0.29, 0.717) is 15.6 Å². The number of aromatic carboxylic acids is 1. The normalized spacial score (nSPS) is 10.4. The van der Waals surface area contributed by atoms with Gasteiger partial charge >= 0.3 is 11.9 Å². The van der Waals surface area contributed by atoms with Crippen molar-refractivity contribution < 1.29 is 14.3 Å². The summed E-state index contributed by atoms with van der Waals surface area (Å²) in [5.41, 5.74) is 0.436. The monoisotopic (exact) mass is 258 g/mol. The van der Waals surface area contributed by atoms with Crippen LogP contribution in [0.5, 0.6) is 0 Å². The Labute approximate surface area is 99.6 Å². The standard InChI is InChI=1S/C9H4Cl2N2O3/c10-4-1-2-5(6(11)3-4)7-12-13-8(16-7)9(14)15/h1-3H,(H,14,15). The molecular weight excluding hydrogens is 255 g/mol. The van der Waals surface area contributed by atoms with Gasteiger partial charge in [0.15, 0.2) is 0 Å². The zero-order valence-corrected chi connectivity index (χ0v) is 9.16. The average molecular weight is 259 g/mol. The lowest BCUT2D eigenvalue weighted by molar-refractivity contribution is 0.0654. The minimum absolute atomic E-state index is 0.0408. The highest BCUT2D eigenvalue weighted by atomic mass is 35.5. The van der Waals surface area contributed by atoms with Crippen LogP contribution in [0.3, 0.4) is 0 Å². The van der Waals surface area contributed by atoms with E-state index in [1.165, 1.54) is 6.07 Å². The first-order chi connectivity index (χ1) is 7.58. The summed E-state index contributed by atoms with van der Waals surface area (Å²) in [6, 6.07) is 4.67. The van der Waals surface area contributed by atoms with E-state index in [0.717, 1.165) is 0 Å². The maximum atomic E-state index is 10.5. The molecule has 0 radical (unpaired) electrons. The summed E-state index contributed by atoms with van der Waals surface area (Å²) in [6.07, 6.45) is 0. The maximum absolute atomic E-state index is 10.5. The van der Waals surface area contributed by atoms with Crippen molar-refractivity contribution in [1.82, 2.24) is 10.2 Å². The first-order valence-corrected chi connectivity index (χ1v) is 4.86. The van der Waals surface area contributed by atoms with Crippen LogP contribution < -0.4 is 0 Å². The summed E-state index contributed by atoms with van der Waals surface area (Å²) < 4.78 is 4.90. The Morgan fingerprint density at radius 1 is 1.31 bits per heavy atom. The van der Waals surface area contributed by atoms with Crippen molar-refractivity contribution in [2.24, 2.45) is 0 Å². The van der Waals surface area contributed by atoms with Crippen LogP contribution in [0, 0.1) is 0 Å². The number of aromatic nitrogens is 2. The molecule has 1 aromatic heterocycles. The van der Waals surface area contributed by atoms with Gasteiger partial charge in [-0.1, -0.05) is 23.2 Å². The Bertz CT molecular complexity index is 553. The Morgan fingerprint density at radius 3 is 2.62 bits per heavy atom. The van der Waals surface area contributed by atoms with Gasteiger partial charge in [0.25, 0.3) is 0 Å². The molecule has 2 aromatic rings. The van der Waals surface area contributed by atoms with Crippen molar-refractivity contribution in [3.63, 3.8) is 0 Å². The Balaban J connectivity index is 2.46. The van der Waals surface area contributed by atoms with Gasteiger partial charge in [0.1, 0.15) is 0 Å². The molecule has 2 rings (SSSR count). The van der Waals surface area contributed by atoms with Crippen LogP contribution in [0.2, 0.25) is 10.0 Å². The molecule has 0 spiro atoms. The molecule has 0 aliphatic carbocycles. The molecule has 1 aromatic carbocycles. The molecule has 0 aliphatic heterocycles. The molecule has 7 heteroatoms. The third-order valence-corrected chi connectivity index (χ3v) is 2.32. The van der Waals surface area contributed by atoms with E-state index >= 15 is 0 Å². The highest BCUT2D eigenvalue weighted by Gasteiger charge is 2.16. The fourth-order valence-corrected chi connectivity index (χ4v) is 1.57. The molecule has 0 bridgehead atoms. The van der Waals surface area contributed by atoms with Gasteiger partial charge in [-0.05, 0) is 18.2 Å². The molecule has 0 atom stereocenters. The van der Waals surface area contributed by atoms with Crippen molar-refractivity contribution >= 4 is 29.2 Å². The Hall–Kier alpha value is -1.59. The van der Waals surface area contributed by atoms with E-state index < -0.39 is 11.9 Å². The molecule has 0 saturated heterocycles. The zero-order chi connectivity index (χ0) is 11.7. The summed E-state index contributed by atoms with van der Waals surface area (Å²) in [6.45, 7) is 0. The van der Waals surface area contributed by atoms with E-state index in [1.54, 1.807) is 12.1 Å². The predicted octanol–water partition coefficient (Wildman–Crippen LogP) is 2.74. The summed E-state index contributed by atoms with van der Waals surface area (Å²) in [5.74, 6) is -1.73.